The molecule has 2 aromatic rings. The summed E-state index contributed by atoms with van der Waals surface area (Å²) in [6, 6.07) is 9.80. The fraction of sp³-hybridized carbons (Fsp3) is 0.294. The highest BCUT2D eigenvalue weighted by Gasteiger charge is 2.17. The molecule has 1 aliphatic rings. The Hall–Kier alpha value is -2.63. The molecule has 0 saturated carbocycles. The molecule has 1 aromatic heterocycles. The predicted molar refractivity (Wildman–Crippen MR) is 85.4 cm³/mol. The molecule has 0 saturated heterocycles. The van der Waals surface area contributed by atoms with Crippen LogP contribution in [0.4, 0.5) is 9.18 Å². The Bertz CT molecular complexity index is 696. The van der Waals surface area contributed by atoms with E-state index < -0.39 is 0 Å². The van der Waals surface area contributed by atoms with E-state index in [-0.39, 0.29) is 18.4 Å². The Kier molecular flexibility index (Phi) is 4.71. The third kappa shape index (κ3) is 4.18. The first kappa shape index (κ1) is 15.3. The predicted octanol–water partition coefficient (Wildman–Crippen LogP) is 2.70. The van der Waals surface area contributed by atoms with Crippen molar-refractivity contribution in [2.75, 3.05) is 13.1 Å². The molecule has 6 heteroatoms. The van der Waals surface area contributed by atoms with E-state index in [1.54, 1.807) is 6.20 Å². The fourth-order valence-electron chi connectivity index (χ4n) is 2.52. The van der Waals surface area contributed by atoms with Gasteiger partial charge in [0.15, 0.2) is 0 Å². The summed E-state index contributed by atoms with van der Waals surface area (Å²) in [5, 5.41) is 7.10. The summed E-state index contributed by atoms with van der Waals surface area (Å²) in [6.45, 7) is 1.68. The first-order valence-electron chi connectivity index (χ1n) is 7.63. The second kappa shape index (κ2) is 7.09. The van der Waals surface area contributed by atoms with Crippen LogP contribution in [-0.4, -0.2) is 33.8 Å². The van der Waals surface area contributed by atoms with Crippen LogP contribution >= 0.6 is 0 Å². The van der Waals surface area contributed by atoms with Crippen molar-refractivity contribution in [3.8, 4) is 0 Å². The van der Waals surface area contributed by atoms with Crippen LogP contribution in [0, 0.1) is 0 Å². The molecule has 0 aliphatic carbocycles. The van der Waals surface area contributed by atoms with E-state index in [1.165, 1.54) is 16.5 Å². The van der Waals surface area contributed by atoms with Crippen LogP contribution in [0.1, 0.15) is 17.5 Å². The quantitative estimate of drug-likeness (QED) is 0.943. The summed E-state index contributed by atoms with van der Waals surface area (Å²) >= 11 is 0. The van der Waals surface area contributed by atoms with Crippen molar-refractivity contribution in [3.05, 3.63) is 65.8 Å². The lowest BCUT2D eigenvalue weighted by Crippen LogP contribution is -2.42. The SMILES string of the molecule is O=C(NCc1cnn(Cc2ccccc2)c1)N1CCC=C(F)C1. The third-order valence-corrected chi connectivity index (χ3v) is 3.71. The van der Waals surface area contributed by atoms with Crippen molar-refractivity contribution >= 4 is 6.03 Å². The number of carbonyl (C=O) groups is 1. The molecule has 0 radical (unpaired) electrons. The molecule has 1 aromatic carbocycles. The van der Waals surface area contributed by atoms with Gasteiger partial charge in [0.2, 0.25) is 0 Å². The average molecular weight is 314 g/mol. The summed E-state index contributed by atoms with van der Waals surface area (Å²) in [5.74, 6) is -0.248. The van der Waals surface area contributed by atoms with Crippen LogP contribution in [0.3, 0.4) is 0 Å². The summed E-state index contributed by atoms with van der Waals surface area (Å²) in [7, 11) is 0. The molecule has 0 bridgehead atoms. The van der Waals surface area contributed by atoms with Gasteiger partial charge in [0.05, 0.1) is 19.3 Å². The van der Waals surface area contributed by atoms with Crippen molar-refractivity contribution in [3.63, 3.8) is 0 Å². The van der Waals surface area contributed by atoms with Gasteiger partial charge in [0.25, 0.3) is 0 Å². The summed E-state index contributed by atoms with van der Waals surface area (Å²) in [5.41, 5.74) is 2.09. The van der Waals surface area contributed by atoms with Crippen LogP contribution in [0.25, 0.3) is 0 Å². The fourth-order valence-corrected chi connectivity index (χ4v) is 2.52. The maximum Gasteiger partial charge on any atom is 0.318 e. The van der Waals surface area contributed by atoms with Crippen LogP contribution < -0.4 is 5.32 Å². The zero-order valence-corrected chi connectivity index (χ0v) is 12.8. The van der Waals surface area contributed by atoms with Gasteiger partial charge < -0.3 is 10.2 Å². The molecule has 0 spiro atoms. The van der Waals surface area contributed by atoms with E-state index in [0.717, 1.165) is 5.56 Å². The molecule has 120 valence electrons. The number of halogens is 1. The van der Waals surface area contributed by atoms with Crippen LogP contribution in [0.5, 0.6) is 0 Å². The minimum atomic E-state index is -0.248. The van der Waals surface area contributed by atoms with E-state index in [0.29, 0.717) is 26.1 Å². The van der Waals surface area contributed by atoms with Crippen molar-refractivity contribution in [1.82, 2.24) is 20.0 Å². The molecule has 2 heterocycles. The number of hydrogen-bond acceptors (Lipinski definition) is 2. The van der Waals surface area contributed by atoms with Gasteiger partial charge in [-0.2, -0.15) is 5.10 Å². The molecule has 0 fully saturated rings. The maximum absolute atomic E-state index is 13.2. The molecule has 3 rings (SSSR count). The van der Waals surface area contributed by atoms with Gasteiger partial charge in [-0.1, -0.05) is 30.3 Å². The number of nitrogens with zero attached hydrogens (tertiary/aromatic N) is 3. The molecular weight excluding hydrogens is 295 g/mol. The van der Waals surface area contributed by atoms with Gasteiger partial charge in [-0.15, -0.1) is 0 Å². The summed E-state index contributed by atoms with van der Waals surface area (Å²) in [4.78, 5) is 13.5. The standard InChI is InChI=1S/C17H19FN4O/c18-16-7-4-8-21(13-16)17(23)19-9-15-10-20-22(12-15)11-14-5-2-1-3-6-14/h1-3,5-7,10,12H,4,8-9,11,13H2,(H,19,23). The van der Waals surface area contributed by atoms with Gasteiger partial charge in [-0.25, -0.2) is 9.18 Å². The molecule has 1 N–H and O–H groups in total. The Morgan fingerprint density at radius 1 is 1.26 bits per heavy atom. The van der Waals surface area contributed by atoms with Gasteiger partial charge >= 0.3 is 6.03 Å². The maximum atomic E-state index is 13.2. The number of amides is 2. The lowest BCUT2D eigenvalue weighted by atomic mass is 10.2. The number of urea groups is 1. The monoisotopic (exact) mass is 314 g/mol. The highest BCUT2D eigenvalue weighted by atomic mass is 19.1. The van der Waals surface area contributed by atoms with E-state index in [1.807, 2.05) is 41.2 Å². The largest absolute Gasteiger partial charge is 0.334 e. The number of hydrogen-bond donors (Lipinski definition) is 1. The van der Waals surface area contributed by atoms with Gasteiger partial charge in [0.1, 0.15) is 5.83 Å². The van der Waals surface area contributed by atoms with Crippen molar-refractivity contribution < 1.29 is 9.18 Å². The lowest BCUT2D eigenvalue weighted by Gasteiger charge is -2.24. The zero-order chi connectivity index (χ0) is 16.1. The summed E-state index contributed by atoms with van der Waals surface area (Å²) in [6.07, 6.45) is 5.73. The first-order valence-corrected chi connectivity index (χ1v) is 7.63. The van der Waals surface area contributed by atoms with Crippen LogP contribution in [0.2, 0.25) is 0 Å². The number of benzene rings is 1. The molecule has 1 aliphatic heterocycles. The zero-order valence-electron chi connectivity index (χ0n) is 12.8. The number of nitrogens with one attached hydrogen (secondary N) is 1. The molecule has 2 amide bonds. The van der Waals surface area contributed by atoms with Crippen LogP contribution in [-0.2, 0) is 13.1 Å². The molecule has 5 nitrogen and oxygen atoms in total. The first-order chi connectivity index (χ1) is 11.2. The van der Waals surface area contributed by atoms with E-state index >= 15 is 0 Å². The van der Waals surface area contributed by atoms with E-state index in [9.17, 15) is 9.18 Å². The van der Waals surface area contributed by atoms with Crippen molar-refractivity contribution in [2.24, 2.45) is 0 Å². The van der Waals surface area contributed by atoms with Gasteiger partial charge in [-0.05, 0) is 18.1 Å². The van der Waals surface area contributed by atoms with Crippen molar-refractivity contribution in [2.45, 2.75) is 19.5 Å². The topological polar surface area (TPSA) is 50.2 Å². The smallest absolute Gasteiger partial charge is 0.318 e. The second-order valence-corrected chi connectivity index (χ2v) is 5.55. The molecule has 23 heavy (non-hydrogen) atoms. The third-order valence-electron chi connectivity index (χ3n) is 3.71. The molecule has 0 atom stereocenters. The van der Waals surface area contributed by atoms with E-state index in [4.69, 9.17) is 0 Å². The Morgan fingerprint density at radius 2 is 2.09 bits per heavy atom. The normalized spacial score (nSPS) is 14.5. The Morgan fingerprint density at radius 3 is 2.87 bits per heavy atom. The second-order valence-electron chi connectivity index (χ2n) is 5.55. The lowest BCUT2D eigenvalue weighted by molar-refractivity contribution is 0.196. The highest BCUT2D eigenvalue weighted by molar-refractivity contribution is 5.74. The Balaban J connectivity index is 1.51. The summed E-state index contributed by atoms with van der Waals surface area (Å²) < 4.78 is 15.0. The Labute approximate surface area is 134 Å². The number of rotatable bonds is 4. The van der Waals surface area contributed by atoms with Crippen molar-refractivity contribution in [1.29, 1.82) is 0 Å². The number of aromatic nitrogens is 2. The van der Waals surface area contributed by atoms with Crippen LogP contribution in [0.15, 0.2) is 54.6 Å². The van der Waals surface area contributed by atoms with Gasteiger partial charge in [0, 0.05) is 24.8 Å². The molecule has 0 unspecified atom stereocenters. The molecular formula is C17H19FN4O. The minimum absolute atomic E-state index is 0.0547. The highest BCUT2D eigenvalue weighted by Crippen LogP contribution is 2.10. The van der Waals surface area contributed by atoms with Gasteiger partial charge in [-0.3, -0.25) is 4.68 Å². The van der Waals surface area contributed by atoms with E-state index in [2.05, 4.69) is 10.4 Å². The minimum Gasteiger partial charge on any atom is -0.334 e. The average Bonchev–Trinajstić information content (AvgIpc) is 3.01. The number of carbonyl (C=O) groups excluding carboxylic acids is 1.